The molecule has 5 rings (SSSR count). The standard InChI is InChI=1S/C22H22FN3O3/c1-2-13-8-17-19(9-24-22(17)27)25-21(13)26-6-5-20(18(23)10-26)29-16-4-3-14-11-28-12-15(14)7-16/h3-4,7-8H,2,5-6,9-12H2,1H3,(H,24,27). The van der Waals surface area contributed by atoms with Crippen molar-refractivity contribution < 1.29 is 18.7 Å². The van der Waals surface area contributed by atoms with Crippen molar-refractivity contribution in [1.29, 1.82) is 0 Å². The Bertz CT molecular complexity index is 1030. The minimum atomic E-state index is -0.286. The lowest BCUT2D eigenvalue weighted by molar-refractivity contribution is 0.0965. The van der Waals surface area contributed by atoms with Crippen LogP contribution in [0, 0.1) is 0 Å². The Balaban J connectivity index is 1.37. The highest BCUT2D eigenvalue weighted by Crippen LogP contribution is 2.31. The fraction of sp³-hybridized carbons (Fsp3) is 0.364. The van der Waals surface area contributed by atoms with Crippen molar-refractivity contribution in [2.45, 2.75) is 39.5 Å². The van der Waals surface area contributed by atoms with Crippen LogP contribution in [-0.2, 0) is 30.9 Å². The molecule has 3 aliphatic heterocycles. The summed E-state index contributed by atoms with van der Waals surface area (Å²) in [7, 11) is 0. The lowest BCUT2D eigenvalue weighted by Crippen LogP contribution is -2.33. The lowest BCUT2D eigenvalue weighted by atomic mass is 10.1. The maximum absolute atomic E-state index is 14.9. The van der Waals surface area contributed by atoms with E-state index in [-0.39, 0.29) is 18.3 Å². The van der Waals surface area contributed by atoms with Crippen molar-refractivity contribution in [2.24, 2.45) is 0 Å². The normalized spacial score (nSPS) is 18.0. The van der Waals surface area contributed by atoms with Crippen LogP contribution >= 0.6 is 0 Å². The van der Waals surface area contributed by atoms with Gasteiger partial charge in [0.05, 0.1) is 37.6 Å². The zero-order valence-corrected chi connectivity index (χ0v) is 16.3. The summed E-state index contributed by atoms with van der Waals surface area (Å²) in [5, 5.41) is 2.79. The quantitative estimate of drug-likeness (QED) is 0.860. The summed E-state index contributed by atoms with van der Waals surface area (Å²) in [6.07, 6.45) is 1.18. The van der Waals surface area contributed by atoms with Crippen LogP contribution in [0.4, 0.5) is 10.2 Å². The Morgan fingerprint density at radius 2 is 2.14 bits per heavy atom. The molecular formula is C22H22FN3O3. The van der Waals surface area contributed by atoms with Gasteiger partial charge in [0.15, 0.2) is 5.83 Å². The van der Waals surface area contributed by atoms with Crippen LogP contribution in [0.5, 0.6) is 5.75 Å². The molecule has 0 fully saturated rings. The van der Waals surface area contributed by atoms with Crippen LogP contribution in [-0.4, -0.2) is 24.0 Å². The Morgan fingerprint density at radius 1 is 1.28 bits per heavy atom. The molecule has 1 amide bonds. The van der Waals surface area contributed by atoms with E-state index in [0.29, 0.717) is 49.8 Å². The van der Waals surface area contributed by atoms with E-state index in [4.69, 9.17) is 9.47 Å². The average Bonchev–Trinajstić information content (AvgIpc) is 3.34. The number of aromatic nitrogens is 1. The molecule has 0 aliphatic carbocycles. The summed E-state index contributed by atoms with van der Waals surface area (Å²) in [5.41, 5.74) is 4.57. The van der Waals surface area contributed by atoms with Gasteiger partial charge in [0.1, 0.15) is 17.3 Å². The number of fused-ring (bicyclic) bond motifs is 2. The molecule has 2 aromatic rings. The van der Waals surface area contributed by atoms with Gasteiger partial charge in [-0.15, -0.1) is 0 Å². The minimum Gasteiger partial charge on any atom is -0.459 e. The van der Waals surface area contributed by atoms with E-state index in [0.717, 1.165) is 34.6 Å². The van der Waals surface area contributed by atoms with Gasteiger partial charge in [0.25, 0.3) is 5.91 Å². The van der Waals surface area contributed by atoms with Gasteiger partial charge < -0.3 is 19.7 Å². The molecule has 1 N–H and O–H groups in total. The van der Waals surface area contributed by atoms with Gasteiger partial charge in [-0.05, 0) is 41.3 Å². The Kier molecular flexibility index (Phi) is 4.47. The molecule has 0 saturated heterocycles. The average molecular weight is 395 g/mol. The van der Waals surface area contributed by atoms with Crippen molar-refractivity contribution in [3.8, 4) is 5.75 Å². The molecule has 0 bridgehead atoms. The molecule has 0 saturated carbocycles. The Hall–Kier alpha value is -2.93. The number of hydrogen-bond donors (Lipinski definition) is 1. The maximum atomic E-state index is 14.9. The number of anilines is 1. The third-order valence-corrected chi connectivity index (χ3v) is 5.67. The second-order valence-corrected chi connectivity index (χ2v) is 7.53. The summed E-state index contributed by atoms with van der Waals surface area (Å²) in [4.78, 5) is 18.5. The molecule has 1 aromatic carbocycles. The number of amides is 1. The van der Waals surface area contributed by atoms with E-state index < -0.39 is 0 Å². The second-order valence-electron chi connectivity index (χ2n) is 7.53. The van der Waals surface area contributed by atoms with Crippen LogP contribution in [0.25, 0.3) is 0 Å². The number of rotatable bonds is 4. The van der Waals surface area contributed by atoms with Crippen LogP contribution in [0.2, 0.25) is 0 Å². The first-order valence-electron chi connectivity index (χ1n) is 9.93. The number of benzene rings is 1. The monoisotopic (exact) mass is 395 g/mol. The molecule has 4 heterocycles. The van der Waals surface area contributed by atoms with Crippen LogP contribution < -0.4 is 15.0 Å². The first-order valence-corrected chi connectivity index (χ1v) is 9.93. The van der Waals surface area contributed by atoms with E-state index in [1.54, 1.807) is 0 Å². The van der Waals surface area contributed by atoms with Crippen LogP contribution in [0.1, 0.15) is 46.1 Å². The number of carbonyl (C=O) groups is 1. The van der Waals surface area contributed by atoms with Gasteiger partial charge in [0.2, 0.25) is 0 Å². The van der Waals surface area contributed by atoms with Crippen molar-refractivity contribution in [1.82, 2.24) is 10.3 Å². The number of nitrogens with one attached hydrogen (secondary N) is 1. The third kappa shape index (κ3) is 3.25. The zero-order valence-electron chi connectivity index (χ0n) is 16.3. The molecule has 0 radical (unpaired) electrons. The van der Waals surface area contributed by atoms with Crippen LogP contribution in [0.3, 0.4) is 0 Å². The number of nitrogens with zero attached hydrogens (tertiary/aromatic N) is 2. The van der Waals surface area contributed by atoms with E-state index in [9.17, 15) is 9.18 Å². The molecular weight excluding hydrogens is 373 g/mol. The minimum absolute atomic E-state index is 0.0890. The number of aryl methyl sites for hydroxylation is 1. The van der Waals surface area contributed by atoms with Gasteiger partial charge >= 0.3 is 0 Å². The van der Waals surface area contributed by atoms with E-state index in [1.807, 2.05) is 36.1 Å². The fourth-order valence-corrected chi connectivity index (χ4v) is 4.05. The molecule has 0 unspecified atom stereocenters. The van der Waals surface area contributed by atoms with Crippen molar-refractivity contribution in [2.75, 3.05) is 18.0 Å². The van der Waals surface area contributed by atoms with Gasteiger partial charge in [-0.3, -0.25) is 4.79 Å². The molecule has 29 heavy (non-hydrogen) atoms. The topological polar surface area (TPSA) is 63.7 Å². The van der Waals surface area contributed by atoms with Crippen molar-refractivity contribution in [3.05, 3.63) is 63.8 Å². The second kappa shape index (κ2) is 7.15. The fourth-order valence-electron chi connectivity index (χ4n) is 4.05. The summed E-state index contributed by atoms with van der Waals surface area (Å²) in [6.45, 7) is 4.36. The molecule has 0 atom stereocenters. The number of hydrogen-bond acceptors (Lipinski definition) is 5. The van der Waals surface area contributed by atoms with E-state index in [2.05, 4.69) is 10.3 Å². The van der Waals surface area contributed by atoms with Crippen molar-refractivity contribution >= 4 is 11.7 Å². The highest BCUT2D eigenvalue weighted by Gasteiger charge is 2.28. The summed E-state index contributed by atoms with van der Waals surface area (Å²) in [5.74, 6) is 1.39. The highest BCUT2D eigenvalue weighted by molar-refractivity contribution is 5.98. The first-order chi connectivity index (χ1) is 14.1. The zero-order chi connectivity index (χ0) is 20.0. The Morgan fingerprint density at radius 3 is 2.97 bits per heavy atom. The number of halogens is 1. The summed E-state index contributed by atoms with van der Waals surface area (Å²) in [6, 6.07) is 7.65. The molecule has 7 heteroatoms. The van der Waals surface area contributed by atoms with E-state index >= 15 is 0 Å². The van der Waals surface area contributed by atoms with Crippen LogP contribution in [0.15, 0.2) is 35.9 Å². The van der Waals surface area contributed by atoms with Crippen molar-refractivity contribution in [3.63, 3.8) is 0 Å². The molecule has 6 nitrogen and oxygen atoms in total. The molecule has 0 spiro atoms. The molecule has 3 aliphatic rings. The highest BCUT2D eigenvalue weighted by atomic mass is 19.1. The number of ether oxygens (including phenoxy) is 2. The predicted octanol–water partition coefficient (Wildman–Crippen LogP) is 3.39. The largest absolute Gasteiger partial charge is 0.459 e. The van der Waals surface area contributed by atoms with E-state index in [1.165, 1.54) is 0 Å². The van der Waals surface area contributed by atoms with Gasteiger partial charge in [-0.2, -0.15) is 0 Å². The number of pyridine rings is 1. The predicted molar refractivity (Wildman–Crippen MR) is 105 cm³/mol. The smallest absolute Gasteiger partial charge is 0.253 e. The van der Waals surface area contributed by atoms with Gasteiger partial charge in [-0.25, -0.2) is 9.37 Å². The molecule has 1 aromatic heterocycles. The first kappa shape index (κ1) is 18.1. The summed E-state index contributed by atoms with van der Waals surface area (Å²) < 4.78 is 26.2. The third-order valence-electron chi connectivity index (χ3n) is 5.67. The van der Waals surface area contributed by atoms with Gasteiger partial charge in [0, 0.05) is 13.0 Å². The lowest BCUT2D eigenvalue weighted by Gasteiger charge is -2.30. The van der Waals surface area contributed by atoms with Gasteiger partial charge in [-0.1, -0.05) is 13.0 Å². The maximum Gasteiger partial charge on any atom is 0.253 e. The molecule has 150 valence electrons. The SMILES string of the molecule is CCc1cc2c(nc1N1CCC(Oc3ccc4c(c3)COC4)=C(F)C1)CNC2=O. The summed E-state index contributed by atoms with van der Waals surface area (Å²) >= 11 is 0. The number of carbonyl (C=O) groups excluding carboxylic acids is 1. The Labute approximate surface area is 168 Å².